The lowest BCUT2D eigenvalue weighted by atomic mass is 9.84. The quantitative estimate of drug-likeness (QED) is 0.0786. The molecule has 0 saturated carbocycles. The second kappa shape index (κ2) is 21.1. The van der Waals surface area contributed by atoms with Crippen molar-refractivity contribution in [1.29, 1.82) is 0 Å². The summed E-state index contributed by atoms with van der Waals surface area (Å²) in [6.45, 7) is 13.5. The van der Waals surface area contributed by atoms with Gasteiger partial charge < -0.3 is 41.3 Å². The standard InChI is InChI=1S/C48H62N8O7/c1-31-14-13-17-35(51-31)30-55-24-25-56(46(55)63)42(48(5,6)7)44(60)53-38(27-32-15-9-8-10-16-32)39(57)28-36(26-33-19-21-34(22-20-33)37-18-11-12-23-49-37)52-43(59)41(47(2,3)4)54-40(58)29-50-45(61)62/h8-23,36,38-39,41-42,50,57H,24-30H2,1-7H3,(H,52,59)(H,53,60)(H,54,58)(H,61,62)/t36-,38-,39-,41+,42+/m0/s1. The number of benzene rings is 2. The van der Waals surface area contributed by atoms with E-state index in [-0.39, 0.29) is 25.3 Å². The molecule has 5 rings (SSSR count). The molecule has 6 amide bonds. The third-order valence-corrected chi connectivity index (χ3v) is 11.0. The fourth-order valence-electron chi connectivity index (χ4n) is 7.89. The summed E-state index contributed by atoms with van der Waals surface area (Å²) < 4.78 is 0. The van der Waals surface area contributed by atoms with Gasteiger partial charge in [0.25, 0.3) is 0 Å². The Labute approximate surface area is 370 Å². The summed E-state index contributed by atoms with van der Waals surface area (Å²) in [7, 11) is 0. The third-order valence-electron chi connectivity index (χ3n) is 11.0. The Kier molecular flexibility index (Phi) is 16.0. The van der Waals surface area contributed by atoms with Crippen LogP contribution in [0.4, 0.5) is 9.59 Å². The summed E-state index contributed by atoms with van der Waals surface area (Å²) in [5.41, 5.74) is 3.53. The first kappa shape index (κ1) is 47.7. The number of aliphatic hydroxyl groups excluding tert-OH is 1. The molecule has 1 saturated heterocycles. The van der Waals surface area contributed by atoms with Crippen LogP contribution in [0, 0.1) is 17.8 Å². The molecule has 63 heavy (non-hydrogen) atoms. The number of amides is 6. The van der Waals surface area contributed by atoms with Gasteiger partial charge in [-0.1, -0.05) is 108 Å². The number of aryl methyl sites for hydroxylation is 1. The molecule has 1 aliphatic rings. The molecular weight excluding hydrogens is 801 g/mol. The van der Waals surface area contributed by atoms with Crippen molar-refractivity contribution in [2.75, 3.05) is 19.6 Å². The Morgan fingerprint density at radius 2 is 1.44 bits per heavy atom. The van der Waals surface area contributed by atoms with Crippen LogP contribution in [0.3, 0.4) is 0 Å². The number of nitrogens with one attached hydrogen (secondary N) is 4. The van der Waals surface area contributed by atoms with Crippen molar-refractivity contribution in [3.63, 3.8) is 0 Å². The second-order valence-corrected chi connectivity index (χ2v) is 18.4. The third kappa shape index (κ3) is 13.8. The molecule has 0 aliphatic carbocycles. The topological polar surface area (TPSA) is 206 Å². The molecule has 6 N–H and O–H groups in total. The lowest BCUT2D eigenvalue weighted by Crippen LogP contribution is -2.59. The summed E-state index contributed by atoms with van der Waals surface area (Å²) in [6, 6.07) is 24.7. The lowest BCUT2D eigenvalue weighted by molar-refractivity contribution is -0.132. The largest absolute Gasteiger partial charge is 0.465 e. The second-order valence-electron chi connectivity index (χ2n) is 18.4. The highest BCUT2D eigenvalue weighted by atomic mass is 16.4. The fourth-order valence-corrected chi connectivity index (χ4v) is 7.89. The zero-order valence-electron chi connectivity index (χ0n) is 37.3. The molecule has 15 nitrogen and oxygen atoms in total. The maximum atomic E-state index is 14.6. The SMILES string of the molecule is Cc1cccc(CN2CCN([C@H](C(=O)N[C@@H](Cc3ccccc3)[C@@H](O)C[C@H](Cc3ccc(-c4ccccn4)cc3)NC(=O)[C@@H](NC(=O)CNC(=O)O)C(C)(C)C)C(C)(C)C)C2=O)n1. The van der Waals surface area contributed by atoms with Gasteiger partial charge in [-0.15, -0.1) is 0 Å². The molecule has 15 heteroatoms. The lowest BCUT2D eigenvalue weighted by Gasteiger charge is -2.38. The van der Waals surface area contributed by atoms with Gasteiger partial charge in [0, 0.05) is 36.6 Å². The molecule has 3 heterocycles. The minimum absolute atomic E-state index is 0.00299. The van der Waals surface area contributed by atoms with E-state index in [0.29, 0.717) is 19.6 Å². The van der Waals surface area contributed by atoms with Gasteiger partial charge in [0.15, 0.2) is 0 Å². The van der Waals surface area contributed by atoms with Crippen molar-refractivity contribution in [2.45, 2.75) is 105 Å². The molecule has 2 aromatic heterocycles. The highest BCUT2D eigenvalue weighted by Gasteiger charge is 2.44. The molecule has 336 valence electrons. The van der Waals surface area contributed by atoms with Crippen molar-refractivity contribution in [3.8, 4) is 11.3 Å². The number of urea groups is 1. The van der Waals surface area contributed by atoms with E-state index in [9.17, 15) is 29.1 Å². The first-order valence-corrected chi connectivity index (χ1v) is 21.4. The number of pyridine rings is 2. The molecule has 0 spiro atoms. The number of nitrogens with zero attached hydrogens (tertiary/aromatic N) is 4. The van der Waals surface area contributed by atoms with Crippen LogP contribution in [0.1, 0.15) is 70.5 Å². The normalized spacial score (nSPS) is 15.5. The van der Waals surface area contributed by atoms with Crippen LogP contribution in [-0.2, 0) is 33.8 Å². The average Bonchev–Trinajstić information content (AvgIpc) is 3.56. The van der Waals surface area contributed by atoms with Gasteiger partial charge in [-0.3, -0.25) is 24.4 Å². The van der Waals surface area contributed by atoms with E-state index < -0.39 is 71.5 Å². The molecule has 4 aromatic rings. The van der Waals surface area contributed by atoms with Gasteiger partial charge in [0.1, 0.15) is 18.6 Å². The van der Waals surface area contributed by atoms with Crippen LogP contribution in [0.15, 0.2) is 97.2 Å². The molecule has 0 unspecified atom stereocenters. The molecular formula is C48H62N8O7. The molecule has 1 fully saturated rings. The van der Waals surface area contributed by atoms with Gasteiger partial charge in [0.2, 0.25) is 17.7 Å². The van der Waals surface area contributed by atoms with E-state index in [1.165, 1.54) is 0 Å². The Morgan fingerprint density at radius 1 is 0.762 bits per heavy atom. The molecule has 2 aromatic carbocycles. The molecule has 0 bridgehead atoms. The minimum atomic E-state index is -1.37. The summed E-state index contributed by atoms with van der Waals surface area (Å²) in [5, 5.41) is 32.2. The van der Waals surface area contributed by atoms with Crippen molar-refractivity contribution in [1.82, 2.24) is 41.0 Å². The van der Waals surface area contributed by atoms with E-state index >= 15 is 0 Å². The predicted octanol–water partition coefficient (Wildman–Crippen LogP) is 5.11. The number of aromatic nitrogens is 2. The predicted molar refractivity (Wildman–Crippen MR) is 240 cm³/mol. The highest BCUT2D eigenvalue weighted by Crippen LogP contribution is 2.29. The zero-order chi connectivity index (χ0) is 45.9. The van der Waals surface area contributed by atoms with Crippen LogP contribution in [0.25, 0.3) is 11.3 Å². The molecule has 0 radical (unpaired) electrons. The first-order chi connectivity index (χ1) is 29.8. The van der Waals surface area contributed by atoms with Gasteiger partial charge >= 0.3 is 12.1 Å². The zero-order valence-corrected chi connectivity index (χ0v) is 37.3. The summed E-state index contributed by atoms with van der Waals surface area (Å²) in [5.74, 6) is -1.62. The smallest absolute Gasteiger partial charge is 0.405 e. The number of carbonyl (C=O) groups is 5. The number of aliphatic hydroxyl groups is 1. The number of rotatable bonds is 18. The van der Waals surface area contributed by atoms with Crippen molar-refractivity contribution >= 4 is 29.8 Å². The summed E-state index contributed by atoms with van der Waals surface area (Å²) in [4.78, 5) is 79.0. The number of hydrogen-bond acceptors (Lipinski definition) is 8. The Hall–Kier alpha value is -6.35. The van der Waals surface area contributed by atoms with Crippen LogP contribution in [0.5, 0.6) is 0 Å². The maximum Gasteiger partial charge on any atom is 0.405 e. The van der Waals surface area contributed by atoms with E-state index in [1.807, 2.05) is 124 Å². The summed E-state index contributed by atoms with van der Waals surface area (Å²) in [6.07, 6.45) is -0.331. The van der Waals surface area contributed by atoms with Crippen LogP contribution in [0.2, 0.25) is 0 Å². The van der Waals surface area contributed by atoms with Gasteiger partial charge in [-0.25, -0.2) is 9.59 Å². The van der Waals surface area contributed by atoms with E-state index in [4.69, 9.17) is 5.11 Å². The van der Waals surface area contributed by atoms with Crippen LogP contribution >= 0.6 is 0 Å². The van der Waals surface area contributed by atoms with Crippen molar-refractivity contribution in [3.05, 3.63) is 120 Å². The van der Waals surface area contributed by atoms with Gasteiger partial charge in [-0.2, -0.15) is 0 Å². The molecule has 1 aliphatic heterocycles. The fraction of sp³-hybridized carbons (Fsp3) is 0.438. The van der Waals surface area contributed by atoms with Crippen molar-refractivity contribution in [2.24, 2.45) is 10.8 Å². The van der Waals surface area contributed by atoms with Gasteiger partial charge in [-0.05, 0) is 72.4 Å². The maximum absolute atomic E-state index is 14.6. The molecule has 5 atom stereocenters. The average molecular weight is 863 g/mol. The monoisotopic (exact) mass is 862 g/mol. The Bertz CT molecular complexity index is 2170. The number of hydrogen-bond donors (Lipinski definition) is 6. The Balaban J connectivity index is 1.42. The van der Waals surface area contributed by atoms with E-state index in [1.54, 1.807) is 36.8 Å². The van der Waals surface area contributed by atoms with Crippen LogP contribution < -0.4 is 21.3 Å². The van der Waals surface area contributed by atoms with E-state index in [0.717, 1.165) is 33.8 Å². The number of carboxylic acid groups (broad SMARTS) is 1. The van der Waals surface area contributed by atoms with Crippen LogP contribution in [-0.4, -0.2) is 110 Å². The van der Waals surface area contributed by atoms with Crippen molar-refractivity contribution < 1.29 is 34.2 Å². The van der Waals surface area contributed by atoms with E-state index in [2.05, 4.69) is 25.9 Å². The summed E-state index contributed by atoms with van der Waals surface area (Å²) >= 11 is 0. The first-order valence-electron chi connectivity index (χ1n) is 21.4. The Morgan fingerprint density at radius 3 is 2.06 bits per heavy atom. The minimum Gasteiger partial charge on any atom is -0.465 e. The number of carbonyl (C=O) groups excluding carboxylic acids is 4. The highest BCUT2D eigenvalue weighted by molar-refractivity contribution is 5.90. The van der Waals surface area contributed by atoms with Gasteiger partial charge in [0.05, 0.1) is 30.1 Å².